The summed E-state index contributed by atoms with van der Waals surface area (Å²) in [4.78, 5) is 6.43. The summed E-state index contributed by atoms with van der Waals surface area (Å²) in [5.41, 5.74) is 4.45. The molecule has 0 saturated carbocycles. The van der Waals surface area contributed by atoms with E-state index >= 15 is 0 Å². The van der Waals surface area contributed by atoms with Gasteiger partial charge >= 0.3 is 0 Å². The molecule has 0 atom stereocenters. The van der Waals surface area contributed by atoms with E-state index in [1.54, 1.807) is 6.07 Å². The molecule has 110 valence electrons. The van der Waals surface area contributed by atoms with Crippen molar-refractivity contribution in [1.82, 2.24) is 10.3 Å². The molecule has 1 aromatic carbocycles. The Labute approximate surface area is 124 Å². The lowest BCUT2D eigenvalue weighted by molar-refractivity contribution is 0.628. The Balaban J connectivity index is 1.90. The maximum absolute atomic E-state index is 13.5. The van der Waals surface area contributed by atoms with E-state index in [9.17, 15) is 4.39 Å². The molecular formula is C17H20FN3. The van der Waals surface area contributed by atoms with Gasteiger partial charge < -0.3 is 10.2 Å². The lowest BCUT2D eigenvalue weighted by Gasteiger charge is -2.22. The number of hydrogen-bond donors (Lipinski definition) is 1. The summed E-state index contributed by atoms with van der Waals surface area (Å²) in [6.07, 6.45) is 5.75. The van der Waals surface area contributed by atoms with Gasteiger partial charge in [-0.15, -0.1) is 0 Å². The summed E-state index contributed by atoms with van der Waals surface area (Å²) < 4.78 is 13.5. The van der Waals surface area contributed by atoms with Gasteiger partial charge in [-0.3, -0.25) is 4.98 Å². The Morgan fingerprint density at radius 2 is 2.19 bits per heavy atom. The van der Waals surface area contributed by atoms with Gasteiger partial charge in [-0.2, -0.15) is 0 Å². The average Bonchev–Trinajstić information content (AvgIpc) is 2.91. The van der Waals surface area contributed by atoms with Crippen molar-refractivity contribution < 1.29 is 4.39 Å². The topological polar surface area (TPSA) is 28.2 Å². The maximum atomic E-state index is 13.5. The summed E-state index contributed by atoms with van der Waals surface area (Å²) in [7, 11) is 0. The van der Waals surface area contributed by atoms with E-state index in [0.717, 1.165) is 43.9 Å². The van der Waals surface area contributed by atoms with Crippen LogP contribution < -0.4 is 10.2 Å². The fraction of sp³-hybridized carbons (Fsp3) is 0.353. The first-order chi connectivity index (χ1) is 10.3. The number of aromatic nitrogens is 1. The lowest BCUT2D eigenvalue weighted by atomic mass is 10.1. The third-order valence-electron chi connectivity index (χ3n) is 3.86. The molecule has 1 aromatic heterocycles. The van der Waals surface area contributed by atoms with Crippen molar-refractivity contribution in [2.45, 2.75) is 26.3 Å². The van der Waals surface area contributed by atoms with Crippen LogP contribution in [0.5, 0.6) is 0 Å². The van der Waals surface area contributed by atoms with Crippen molar-refractivity contribution >= 4 is 11.4 Å². The monoisotopic (exact) mass is 285 g/mol. The zero-order valence-corrected chi connectivity index (χ0v) is 12.3. The van der Waals surface area contributed by atoms with Crippen LogP contribution in [-0.4, -0.2) is 18.1 Å². The standard InChI is InChI=1S/C17H20FN3/c1-2-7-19-11-14-5-8-20-12-17(14)21-9-6-13-3-4-15(18)10-16(13)21/h3-5,8,10,12,19H,2,6-7,9,11H2,1H3. The van der Waals surface area contributed by atoms with Gasteiger partial charge in [0.15, 0.2) is 0 Å². The number of hydrogen-bond acceptors (Lipinski definition) is 3. The Kier molecular flexibility index (Phi) is 4.15. The van der Waals surface area contributed by atoms with Crippen molar-refractivity contribution in [3.8, 4) is 0 Å². The molecule has 0 spiro atoms. The summed E-state index contributed by atoms with van der Waals surface area (Å²) in [6, 6.07) is 7.08. The number of nitrogens with one attached hydrogen (secondary N) is 1. The normalized spacial score (nSPS) is 13.5. The van der Waals surface area contributed by atoms with Crippen LogP contribution in [0.1, 0.15) is 24.5 Å². The second-order valence-corrected chi connectivity index (χ2v) is 5.36. The molecular weight excluding hydrogens is 265 g/mol. The van der Waals surface area contributed by atoms with Crippen molar-refractivity contribution in [2.24, 2.45) is 0 Å². The molecule has 0 saturated heterocycles. The molecule has 1 aliphatic heterocycles. The summed E-state index contributed by atoms with van der Waals surface area (Å²) in [6.45, 7) is 4.84. The highest BCUT2D eigenvalue weighted by molar-refractivity contribution is 5.71. The van der Waals surface area contributed by atoms with Gasteiger partial charge in [0.2, 0.25) is 0 Å². The number of fused-ring (bicyclic) bond motifs is 1. The molecule has 4 heteroatoms. The molecule has 3 nitrogen and oxygen atoms in total. The van der Waals surface area contributed by atoms with E-state index in [0.29, 0.717) is 0 Å². The molecule has 0 fully saturated rings. The first kappa shape index (κ1) is 14.0. The molecule has 0 unspecified atom stereocenters. The fourth-order valence-corrected chi connectivity index (χ4v) is 2.81. The summed E-state index contributed by atoms with van der Waals surface area (Å²) in [5.74, 6) is -0.185. The summed E-state index contributed by atoms with van der Waals surface area (Å²) >= 11 is 0. The lowest BCUT2D eigenvalue weighted by Crippen LogP contribution is -2.19. The molecule has 0 aliphatic carbocycles. The Bertz CT molecular complexity index is 627. The molecule has 1 aliphatic rings. The van der Waals surface area contributed by atoms with Gasteiger partial charge in [0, 0.05) is 25.0 Å². The van der Waals surface area contributed by atoms with Crippen molar-refractivity contribution in [3.05, 3.63) is 53.6 Å². The van der Waals surface area contributed by atoms with Crippen LogP contribution >= 0.6 is 0 Å². The third kappa shape index (κ3) is 2.90. The van der Waals surface area contributed by atoms with Gasteiger partial charge in [0.05, 0.1) is 11.9 Å². The minimum absolute atomic E-state index is 0.185. The van der Waals surface area contributed by atoms with Crippen LogP contribution in [0.2, 0.25) is 0 Å². The molecule has 2 aromatic rings. The van der Waals surface area contributed by atoms with Gasteiger partial charge in [-0.25, -0.2) is 4.39 Å². The fourth-order valence-electron chi connectivity index (χ4n) is 2.81. The number of rotatable bonds is 5. The highest BCUT2D eigenvalue weighted by Gasteiger charge is 2.22. The number of nitrogens with zero attached hydrogens (tertiary/aromatic N) is 2. The van der Waals surface area contributed by atoms with Crippen LogP contribution in [-0.2, 0) is 13.0 Å². The zero-order chi connectivity index (χ0) is 14.7. The first-order valence-corrected chi connectivity index (χ1v) is 7.49. The predicted molar refractivity (Wildman–Crippen MR) is 83.3 cm³/mol. The number of pyridine rings is 1. The van der Waals surface area contributed by atoms with Crippen LogP contribution in [0.4, 0.5) is 15.8 Å². The van der Waals surface area contributed by atoms with Crippen LogP contribution in [0, 0.1) is 5.82 Å². The minimum Gasteiger partial charge on any atom is -0.339 e. The third-order valence-corrected chi connectivity index (χ3v) is 3.86. The SMILES string of the molecule is CCCNCc1ccncc1N1CCc2ccc(F)cc21. The highest BCUT2D eigenvalue weighted by Crippen LogP contribution is 2.36. The molecule has 1 N–H and O–H groups in total. The van der Waals surface area contributed by atoms with Gasteiger partial charge in [0.1, 0.15) is 5.82 Å². The second kappa shape index (κ2) is 6.22. The van der Waals surface area contributed by atoms with E-state index in [4.69, 9.17) is 0 Å². The second-order valence-electron chi connectivity index (χ2n) is 5.36. The number of benzene rings is 1. The van der Waals surface area contributed by atoms with Gasteiger partial charge in [-0.1, -0.05) is 13.0 Å². The van der Waals surface area contributed by atoms with E-state index in [1.165, 1.54) is 17.2 Å². The van der Waals surface area contributed by atoms with E-state index in [1.807, 2.05) is 24.5 Å². The van der Waals surface area contributed by atoms with E-state index < -0.39 is 0 Å². The number of halogens is 1. The van der Waals surface area contributed by atoms with Crippen LogP contribution in [0.3, 0.4) is 0 Å². The van der Waals surface area contributed by atoms with Crippen molar-refractivity contribution in [1.29, 1.82) is 0 Å². The molecule has 3 rings (SSSR count). The molecule has 0 amide bonds. The van der Waals surface area contributed by atoms with Crippen molar-refractivity contribution in [3.63, 3.8) is 0 Å². The smallest absolute Gasteiger partial charge is 0.125 e. The largest absolute Gasteiger partial charge is 0.339 e. The summed E-state index contributed by atoms with van der Waals surface area (Å²) in [5, 5.41) is 3.42. The van der Waals surface area contributed by atoms with E-state index in [-0.39, 0.29) is 5.82 Å². The Hall–Kier alpha value is -1.94. The first-order valence-electron chi connectivity index (χ1n) is 7.49. The number of anilines is 2. The Morgan fingerprint density at radius 3 is 3.05 bits per heavy atom. The van der Waals surface area contributed by atoms with Gasteiger partial charge in [-0.05, 0) is 48.7 Å². The van der Waals surface area contributed by atoms with Crippen LogP contribution in [0.15, 0.2) is 36.7 Å². The average molecular weight is 285 g/mol. The highest BCUT2D eigenvalue weighted by atomic mass is 19.1. The quantitative estimate of drug-likeness (QED) is 0.853. The minimum atomic E-state index is -0.185. The maximum Gasteiger partial charge on any atom is 0.125 e. The van der Waals surface area contributed by atoms with Crippen LogP contribution in [0.25, 0.3) is 0 Å². The zero-order valence-electron chi connectivity index (χ0n) is 12.3. The molecule has 21 heavy (non-hydrogen) atoms. The van der Waals surface area contributed by atoms with E-state index in [2.05, 4.69) is 22.1 Å². The molecule has 0 bridgehead atoms. The van der Waals surface area contributed by atoms with Crippen molar-refractivity contribution in [2.75, 3.05) is 18.0 Å². The molecule has 0 radical (unpaired) electrons. The van der Waals surface area contributed by atoms with Gasteiger partial charge in [0.25, 0.3) is 0 Å². The predicted octanol–water partition coefficient (Wildman–Crippen LogP) is 3.41. The molecule has 2 heterocycles. The Morgan fingerprint density at radius 1 is 1.29 bits per heavy atom.